The summed E-state index contributed by atoms with van der Waals surface area (Å²) in [6.45, 7) is 2.10. The number of carbonyl (C=O) groups excluding carboxylic acids is 1. The topological polar surface area (TPSA) is 70.2 Å². The van der Waals surface area contributed by atoms with Crippen LogP contribution in [0.3, 0.4) is 0 Å². The van der Waals surface area contributed by atoms with E-state index in [-0.39, 0.29) is 17.5 Å². The molecule has 0 unspecified atom stereocenters. The zero-order valence-corrected chi connectivity index (χ0v) is 18.0. The average Bonchev–Trinajstić information content (AvgIpc) is 2.72. The Kier molecular flexibility index (Phi) is 6.54. The molecule has 0 radical (unpaired) electrons. The molecule has 1 aliphatic rings. The van der Waals surface area contributed by atoms with E-state index < -0.39 is 10.0 Å². The third-order valence-corrected chi connectivity index (χ3v) is 6.32. The number of amides is 1. The summed E-state index contributed by atoms with van der Waals surface area (Å²) in [4.78, 5) is 16.7. The van der Waals surface area contributed by atoms with E-state index in [1.807, 2.05) is 24.3 Å². The minimum atomic E-state index is -3.66. The number of methoxy groups -OCH3 is 1. The van der Waals surface area contributed by atoms with Crippen molar-refractivity contribution in [3.63, 3.8) is 0 Å². The van der Waals surface area contributed by atoms with Crippen LogP contribution in [0.2, 0.25) is 5.02 Å². The van der Waals surface area contributed by atoms with E-state index >= 15 is 0 Å². The van der Waals surface area contributed by atoms with Gasteiger partial charge in [0, 0.05) is 31.9 Å². The number of ether oxygens (including phenoxy) is 1. The molecule has 1 saturated heterocycles. The summed E-state index contributed by atoms with van der Waals surface area (Å²) in [6, 6.07) is 14.4. The molecule has 0 aromatic heterocycles. The molecule has 0 N–H and O–H groups in total. The van der Waals surface area contributed by atoms with Gasteiger partial charge in [-0.2, -0.15) is 0 Å². The normalized spacial score (nSPS) is 14.6. The van der Waals surface area contributed by atoms with Crippen LogP contribution in [0, 0.1) is 0 Å². The Morgan fingerprint density at radius 3 is 2.24 bits per heavy atom. The molecule has 1 fully saturated rings. The van der Waals surface area contributed by atoms with Crippen molar-refractivity contribution in [2.45, 2.75) is 0 Å². The van der Waals surface area contributed by atoms with Crippen molar-refractivity contribution >= 4 is 38.9 Å². The summed E-state index contributed by atoms with van der Waals surface area (Å²) >= 11 is 6.16. The zero-order chi connectivity index (χ0) is 21.0. The first-order valence-electron chi connectivity index (χ1n) is 9.18. The maximum atomic E-state index is 12.8. The van der Waals surface area contributed by atoms with Gasteiger partial charge in [0.15, 0.2) is 0 Å². The van der Waals surface area contributed by atoms with Crippen LogP contribution >= 0.6 is 11.6 Å². The Labute approximate surface area is 176 Å². The smallest absolute Gasteiger partial charge is 0.243 e. The number of hydrogen-bond acceptors (Lipinski definition) is 5. The van der Waals surface area contributed by atoms with E-state index in [1.54, 1.807) is 36.3 Å². The van der Waals surface area contributed by atoms with Gasteiger partial charge in [-0.1, -0.05) is 23.7 Å². The predicted molar refractivity (Wildman–Crippen MR) is 115 cm³/mol. The Balaban J connectivity index is 1.65. The fourth-order valence-electron chi connectivity index (χ4n) is 3.27. The Hall–Kier alpha value is -2.45. The lowest BCUT2D eigenvalue weighted by atomic mass is 10.2. The highest BCUT2D eigenvalue weighted by atomic mass is 35.5. The highest BCUT2D eigenvalue weighted by Gasteiger charge is 2.27. The molecule has 1 amide bonds. The Bertz CT molecular complexity index is 958. The molecule has 2 aromatic rings. The number of rotatable bonds is 6. The summed E-state index contributed by atoms with van der Waals surface area (Å²) in [5.74, 6) is 0.549. The summed E-state index contributed by atoms with van der Waals surface area (Å²) in [5, 5.41) is 0.287. The van der Waals surface area contributed by atoms with Gasteiger partial charge in [0.1, 0.15) is 12.3 Å². The molecular weight excluding hydrogens is 414 g/mol. The molecule has 0 spiro atoms. The van der Waals surface area contributed by atoms with E-state index in [0.29, 0.717) is 31.9 Å². The highest BCUT2D eigenvalue weighted by molar-refractivity contribution is 7.92. The number of carbonyl (C=O) groups is 1. The maximum Gasteiger partial charge on any atom is 0.243 e. The predicted octanol–water partition coefficient (Wildman–Crippen LogP) is 2.46. The zero-order valence-electron chi connectivity index (χ0n) is 16.4. The van der Waals surface area contributed by atoms with Crippen LogP contribution in [0.15, 0.2) is 48.5 Å². The summed E-state index contributed by atoms with van der Waals surface area (Å²) in [7, 11) is -2.03. The standard InChI is InChI=1S/C20H24ClN3O4S/c1-28-17-9-7-16(8-10-17)22-11-13-23(14-12-22)20(25)15-24(29(2,26)27)19-6-4-3-5-18(19)21/h3-10H,11-15H2,1-2H3. The molecule has 0 saturated carbocycles. The van der Waals surface area contributed by atoms with Gasteiger partial charge in [-0.3, -0.25) is 9.10 Å². The quantitative estimate of drug-likeness (QED) is 0.694. The molecule has 1 heterocycles. The first-order chi connectivity index (χ1) is 13.8. The number of halogens is 1. The van der Waals surface area contributed by atoms with Crippen LogP contribution in [0.4, 0.5) is 11.4 Å². The third-order valence-electron chi connectivity index (χ3n) is 4.87. The van der Waals surface area contributed by atoms with Crippen molar-refractivity contribution in [3.05, 3.63) is 53.6 Å². The molecular formula is C20H24ClN3O4S. The van der Waals surface area contributed by atoms with E-state index in [1.165, 1.54) is 0 Å². The van der Waals surface area contributed by atoms with Crippen LogP contribution in [0.1, 0.15) is 0 Å². The molecule has 1 aliphatic heterocycles. The lowest BCUT2D eigenvalue weighted by Gasteiger charge is -2.37. The molecule has 3 rings (SSSR count). The van der Waals surface area contributed by atoms with E-state index in [4.69, 9.17) is 16.3 Å². The number of piperazine rings is 1. The van der Waals surface area contributed by atoms with Crippen LogP contribution in [-0.4, -0.2) is 65.3 Å². The number of nitrogens with zero attached hydrogens (tertiary/aromatic N) is 3. The van der Waals surface area contributed by atoms with Gasteiger partial charge in [0.25, 0.3) is 0 Å². The van der Waals surface area contributed by atoms with Gasteiger partial charge in [0.2, 0.25) is 15.9 Å². The minimum absolute atomic E-state index is 0.246. The van der Waals surface area contributed by atoms with E-state index in [2.05, 4.69) is 4.90 Å². The second-order valence-electron chi connectivity index (χ2n) is 6.79. The van der Waals surface area contributed by atoms with Crippen molar-refractivity contribution < 1.29 is 17.9 Å². The van der Waals surface area contributed by atoms with Crippen molar-refractivity contribution in [1.29, 1.82) is 0 Å². The molecule has 0 aliphatic carbocycles. The molecule has 156 valence electrons. The molecule has 29 heavy (non-hydrogen) atoms. The van der Waals surface area contributed by atoms with Gasteiger partial charge in [0.05, 0.1) is 24.1 Å². The van der Waals surface area contributed by atoms with Gasteiger partial charge >= 0.3 is 0 Å². The van der Waals surface area contributed by atoms with Gasteiger partial charge in [-0.05, 0) is 36.4 Å². The number of sulfonamides is 1. The van der Waals surface area contributed by atoms with Crippen molar-refractivity contribution in [1.82, 2.24) is 4.90 Å². The Morgan fingerprint density at radius 2 is 1.69 bits per heavy atom. The van der Waals surface area contributed by atoms with E-state index in [0.717, 1.165) is 22.0 Å². The third kappa shape index (κ3) is 5.13. The maximum absolute atomic E-state index is 12.8. The van der Waals surface area contributed by atoms with Crippen molar-refractivity contribution in [2.24, 2.45) is 0 Å². The monoisotopic (exact) mass is 437 g/mol. The van der Waals surface area contributed by atoms with Crippen LogP contribution < -0.4 is 13.9 Å². The van der Waals surface area contributed by atoms with Crippen LogP contribution in [0.5, 0.6) is 5.75 Å². The Morgan fingerprint density at radius 1 is 1.07 bits per heavy atom. The van der Waals surface area contributed by atoms with E-state index in [9.17, 15) is 13.2 Å². The summed E-state index contributed by atoms with van der Waals surface area (Å²) in [5.41, 5.74) is 1.37. The van der Waals surface area contributed by atoms with Crippen LogP contribution in [0.25, 0.3) is 0 Å². The molecule has 0 bridgehead atoms. The largest absolute Gasteiger partial charge is 0.497 e. The lowest BCUT2D eigenvalue weighted by molar-refractivity contribution is -0.129. The second-order valence-corrected chi connectivity index (χ2v) is 9.10. The fourth-order valence-corrected chi connectivity index (χ4v) is 4.41. The molecule has 9 heteroatoms. The van der Waals surface area contributed by atoms with Gasteiger partial charge in [-0.15, -0.1) is 0 Å². The molecule has 2 aromatic carbocycles. The van der Waals surface area contributed by atoms with Gasteiger partial charge < -0.3 is 14.5 Å². The lowest BCUT2D eigenvalue weighted by Crippen LogP contribution is -2.52. The minimum Gasteiger partial charge on any atom is -0.497 e. The fraction of sp³-hybridized carbons (Fsp3) is 0.350. The first-order valence-corrected chi connectivity index (χ1v) is 11.4. The number of benzene rings is 2. The number of hydrogen-bond donors (Lipinski definition) is 0. The summed E-state index contributed by atoms with van der Waals surface area (Å²) in [6.07, 6.45) is 1.07. The van der Waals surface area contributed by atoms with Crippen molar-refractivity contribution in [2.75, 3.05) is 55.3 Å². The molecule has 7 nitrogen and oxygen atoms in total. The van der Waals surface area contributed by atoms with Crippen molar-refractivity contribution in [3.8, 4) is 5.75 Å². The molecule has 0 atom stereocenters. The number of anilines is 2. The second kappa shape index (κ2) is 8.92. The summed E-state index contributed by atoms with van der Waals surface area (Å²) < 4.78 is 30.8. The highest BCUT2D eigenvalue weighted by Crippen LogP contribution is 2.27. The van der Waals surface area contributed by atoms with Crippen LogP contribution in [-0.2, 0) is 14.8 Å². The van der Waals surface area contributed by atoms with Gasteiger partial charge in [-0.25, -0.2) is 8.42 Å². The number of para-hydroxylation sites is 1. The SMILES string of the molecule is COc1ccc(N2CCN(C(=O)CN(c3ccccc3Cl)S(C)(=O)=O)CC2)cc1. The average molecular weight is 438 g/mol. The first kappa shape index (κ1) is 21.3.